The Morgan fingerprint density at radius 1 is 0.214 bits per heavy atom. The van der Waals surface area contributed by atoms with Crippen molar-refractivity contribution in [1.29, 1.82) is 0 Å². The molecule has 0 aliphatic rings. The highest BCUT2D eigenvalue weighted by Crippen LogP contribution is 2.47. The minimum atomic E-state index is 1.23. The highest BCUT2D eigenvalue weighted by atomic mass is 14.2. The third-order valence-electron chi connectivity index (χ3n) is 8.47. The van der Waals surface area contributed by atoms with E-state index in [4.69, 9.17) is 0 Å². The average Bonchev–Trinajstić information content (AvgIpc) is 3.08. The summed E-state index contributed by atoms with van der Waals surface area (Å²) in [5.41, 5.74) is 10.0. The zero-order valence-corrected chi connectivity index (χ0v) is 23.2. The number of fused-ring (bicyclic) bond motifs is 3. The van der Waals surface area contributed by atoms with Crippen molar-refractivity contribution in [3.8, 4) is 44.5 Å². The van der Waals surface area contributed by atoms with Crippen LogP contribution in [-0.4, -0.2) is 0 Å². The summed E-state index contributed by atoms with van der Waals surface area (Å²) in [6, 6.07) is 61.7. The number of rotatable bonds is 4. The monoisotopic (exact) mass is 532 g/mol. The lowest BCUT2D eigenvalue weighted by molar-refractivity contribution is 1.63. The molecule has 0 fully saturated rings. The Balaban J connectivity index is 1.51. The molecular weight excluding hydrogens is 504 g/mol. The summed E-state index contributed by atoms with van der Waals surface area (Å²) in [4.78, 5) is 0. The highest BCUT2D eigenvalue weighted by molar-refractivity contribution is 6.24. The maximum Gasteiger partial charge on any atom is -0.00201 e. The second-order valence-electron chi connectivity index (χ2n) is 10.9. The van der Waals surface area contributed by atoms with E-state index in [9.17, 15) is 0 Å². The first kappa shape index (κ1) is 24.3. The van der Waals surface area contributed by atoms with Crippen molar-refractivity contribution in [2.45, 2.75) is 0 Å². The van der Waals surface area contributed by atoms with Gasteiger partial charge in [0.2, 0.25) is 0 Å². The molecular formula is C42H28. The van der Waals surface area contributed by atoms with Crippen molar-refractivity contribution >= 4 is 32.3 Å². The Labute approximate surface area is 246 Å². The van der Waals surface area contributed by atoms with Crippen molar-refractivity contribution in [3.05, 3.63) is 170 Å². The predicted octanol–water partition coefficient (Wildman–Crippen LogP) is 11.8. The lowest BCUT2D eigenvalue weighted by atomic mass is 9.83. The van der Waals surface area contributed by atoms with E-state index in [2.05, 4.69) is 170 Å². The fraction of sp³-hybridized carbons (Fsp3) is 0. The van der Waals surface area contributed by atoms with Gasteiger partial charge in [-0.2, -0.15) is 0 Å². The van der Waals surface area contributed by atoms with Crippen LogP contribution in [0, 0.1) is 0 Å². The van der Waals surface area contributed by atoms with E-state index >= 15 is 0 Å². The summed E-state index contributed by atoms with van der Waals surface area (Å²) in [5.74, 6) is 0. The van der Waals surface area contributed by atoms with Crippen molar-refractivity contribution in [2.24, 2.45) is 0 Å². The summed E-state index contributed by atoms with van der Waals surface area (Å²) in [6.07, 6.45) is 0. The van der Waals surface area contributed by atoms with Gasteiger partial charge in [-0.25, -0.2) is 0 Å². The van der Waals surface area contributed by atoms with Crippen LogP contribution in [-0.2, 0) is 0 Å². The number of hydrogen-bond acceptors (Lipinski definition) is 0. The van der Waals surface area contributed by atoms with Crippen LogP contribution in [0.15, 0.2) is 170 Å². The lowest BCUT2D eigenvalue weighted by Crippen LogP contribution is -1.93. The SMILES string of the molecule is c1ccc(-c2ccc3c(-c4ccc(-c5ccccc5)c5ccccc45)c4ccccc4c(-c4ccccc4)c3c2)cc1. The van der Waals surface area contributed by atoms with Crippen LogP contribution in [0.4, 0.5) is 0 Å². The van der Waals surface area contributed by atoms with Crippen molar-refractivity contribution < 1.29 is 0 Å². The van der Waals surface area contributed by atoms with Crippen LogP contribution in [0.1, 0.15) is 0 Å². The number of hydrogen-bond donors (Lipinski definition) is 0. The normalized spacial score (nSPS) is 11.3. The fourth-order valence-corrected chi connectivity index (χ4v) is 6.58. The van der Waals surface area contributed by atoms with E-state index in [-0.39, 0.29) is 0 Å². The highest BCUT2D eigenvalue weighted by Gasteiger charge is 2.19. The van der Waals surface area contributed by atoms with E-state index in [1.807, 2.05) is 0 Å². The summed E-state index contributed by atoms with van der Waals surface area (Å²) >= 11 is 0. The van der Waals surface area contributed by atoms with Gasteiger partial charge in [0, 0.05) is 0 Å². The Hall–Kier alpha value is -5.46. The molecule has 0 spiro atoms. The smallest absolute Gasteiger partial charge is 0.00201 e. The molecule has 196 valence electrons. The Kier molecular flexibility index (Phi) is 5.90. The zero-order valence-electron chi connectivity index (χ0n) is 23.2. The molecule has 0 radical (unpaired) electrons. The van der Waals surface area contributed by atoms with Gasteiger partial charge in [-0.05, 0) is 82.9 Å². The van der Waals surface area contributed by atoms with Gasteiger partial charge < -0.3 is 0 Å². The van der Waals surface area contributed by atoms with Gasteiger partial charge >= 0.3 is 0 Å². The summed E-state index contributed by atoms with van der Waals surface area (Å²) < 4.78 is 0. The molecule has 8 aromatic carbocycles. The molecule has 0 heteroatoms. The molecule has 0 aliphatic heterocycles. The van der Waals surface area contributed by atoms with E-state index < -0.39 is 0 Å². The topological polar surface area (TPSA) is 0 Å². The van der Waals surface area contributed by atoms with E-state index in [1.54, 1.807) is 0 Å². The van der Waals surface area contributed by atoms with Crippen LogP contribution in [0.2, 0.25) is 0 Å². The molecule has 0 unspecified atom stereocenters. The van der Waals surface area contributed by atoms with Crippen LogP contribution >= 0.6 is 0 Å². The third kappa shape index (κ3) is 4.00. The third-order valence-corrected chi connectivity index (χ3v) is 8.47. The molecule has 0 N–H and O–H groups in total. The van der Waals surface area contributed by atoms with E-state index in [1.165, 1.54) is 76.8 Å². The first-order chi connectivity index (χ1) is 20.9. The van der Waals surface area contributed by atoms with Crippen molar-refractivity contribution in [3.63, 3.8) is 0 Å². The van der Waals surface area contributed by atoms with Gasteiger partial charge in [0.15, 0.2) is 0 Å². The van der Waals surface area contributed by atoms with Gasteiger partial charge in [0.25, 0.3) is 0 Å². The molecule has 0 aromatic heterocycles. The summed E-state index contributed by atoms with van der Waals surface area (Å²) in [5, 5.41) is 7.62. The first-order valence-electron chi connectivity index (χ1n) is 14.5. The molecule has 0 aliphatic carbocycles. The summed E-state index contributed by atoms with van der Waals surface area (Å²) in [7, 11) is 0. The van der Waals surface area contributed by atoms with Crippen molar-refractivity contribution in [1.82, 2.24) is 0 Å². The molecule has 8 aromatic rings. The maximum absolute atomic E-state index is 2.39. The molecule has 0 saturated carbocycles. The summed E-state index contributed by atoms with van der Waals surface area (Å²) in [6.45, 7) is 0. The predicted molar refractivity (Wildman–Crippen MR) is 181 cm³/mol. The molecule has 0 saturated heterocycles. The molecule has 0 atom stereocenters. The second kappa shape index (κ2) is 10.2. The second-order valence-corrected chi connectivity index (χ2v) is 10.9. The van der Waals surface area contributed by atoms with Crippen LogP contribution in [0.3, 0.4) is 0 Å². The average molecular weight is 533 g/mol. The quantitative estimate of drug-likeness (QED) is 0.198. The Morgan fingerprint density at radius 3 is 1.31 bits per heavy atom. The van der Waals surface area contributed by atoms with Gasteiger partial charge in [-0.15, -0.1) is 0 Å². The molecule has 42 heavy (non-hydrogen) atoms. The molecule has 0 heterocycles. The maximum atomic E-state index is 2.39. The van der Waals surface area contributed by atoms with Crippen LogP contribution in [0.25, 0.3) is 76.8 Å². The van der Waals surface area contributed by atoms with Gasteiger partial charge in [0.05, 0.1) is 0 Å². The minimum absolute atomic E-state index is 1.23. The van der Waals surface area contributed by atoms with Gasteiger partial charge in [-0.1, -0.05) is 164 Å². The molecule has 0 amide bonds. The number of benzene rings is 8. The standard InChI is InChI=1S/C42H28/c1-4-14-29(15-5-1)32-24-25-39-40(28-32)41(31-18-8-3-9-19-31)36-22-12-13-23-37(36)42(39)38-27-26-33(30-16-6-2-7-17-30)34-20-10-11-21-35(34)38/h1-28H. The Bertz CT molecular complexity index is 2210. The van der Waals surface area contributed by atoms with Crippen molar-refractivity contribution in [2.75, 3.05) is 0 Å². The fourth-order valence-electron chi connectivity index (χ4n) is 6.58. The lowest BCUT2D eigenvalue weighted by Gasteiger charge is -2.20. The van der Waals surface area contributed by atoms with Gasteiger partial charge in [0.1, 0.15) is 0 Å². The first-order valence-corrected chi connectivity index (χ1v) is 14.5. The van der Waals surface area contributed by atoms with Gasteiger partial charge in [-0.3, -0.25) is 0 Å². The zero-order chi connectivity index (χ0) is 27.9. The molecule has 0 nitrogen and oxygen atoms in total. The molecule has 8 rings (SSSR count). The van der Waals surface area contributed by atoms with E-state index in [0.29, 0.717) is 0 Å². The minimum Gasteiger partial charge on any atom is -0.0622 e. The Morgan fingerprint density at radius 2 is 0.667 bits per heavy atom. The van der Waals surface area contributed by atoms with Crippen LogP contribution < -0.4 is 0 Å². The van der Waals surface area contributed by atoms with Crippen LogP contribution in [0.5, 0.6) is 0 Å². The van der Waals surface area contributed by atoms with E-state index in [0.717, 1.165) is 0 Å². The largest absolute Gasteiger partial charge is 0.0622 e. The molecule has 0 bridgehead atoms.